The minimum Gasteiger partial charge on any atom is -0.457 e. The van der Waals surface area contributed by atoms with E-state index in [2.05, 4.69) is 187 Å². The van der Waals surface area contributed by atoms with Gasteiger partial charge in [-0.3, -0.25) is 9.59 Å². The molecular weight excluding hydrogens is 1590 g/mol. The van der Waals surface area contributed by atoms with Gasteiger partial charge in [-0.15, -0.1) is 0 Å². The molecule has 3 aliphatic rings. The molecule has 0 heterocycles. The summed E-state index contributed by atoms with van der Waals surface area (Å²) >= 11 is 0. The van der Waals surface area contributed by atoms with Crippen LogP contribution in [0.5, 0.6) is 23.0 Å². The number of Topliss-reactive ketones (excluding diaryl/α,β-unsaturated/α-hetero) is 2. The van der Waals surface area contributed by atoms with Gasteiger partial charge in [0.1, 0.15) is 23.0 Å². The molecule has 0 atom stereocenters. The van der Waals surface area contributed by atoms with E-state index in [-0.39, 0.29) is 11.6 Å². The second kappa shape index (κ2) is 37.8. The van der Waals surface area contributed by atoms with Gasteiger partial charge in [0.2, 0.25) is 0 Å². The van der Waals surface area contributed by atoms with Crippen LogP contribution in [0.15, 0.2) is 461 Å². The number of ether oxygens (including phenoxy) is 2. The molecule has 0 saturated carbocycles. The Labute approximate surface area is 764 Å². The fourth-order valence-corrected chi connectivity index (χ4v) is 17.1. The second-order valence-corrected chi connectivity index (χ2v) is 31.9. The first-order valence-electron chi connectivity index (χ1n) is 43.6. The van der Waals surface area contributed by atoms with Crippen LogP contribution in [0.2, 0.25) is 0 Å². The van der Waals surface area contributed by atoms with E-state index in [1.54, 1.807) is 0 Å². The summed E-state index contributed by atoms with van der Waals surface area (Å²) in [6.07, 6.45) is 0.696. The Morgan fingerprint density at radius 3 is 0.496 bits per heavy atom. The van der Waals surface area contributed by atoms with Crippen molar-refractivity contribution in [3.63, 3.8) is 0 Å². The first kappa shape index (κ1) is 81.3. The number of allylic oxidation sites excluding steroid dienone is 12. The number of hydrogen-bond donors (Lipinski definition) is 0. The molecule has 17 aromatic carbocycles. The second-order valence-electron chi connectivity index (χ2n) is 31.9. The minimum absolute atomic E-state index is 0.0863. The third-order valence-electron chi connectivity index (χ3n) is 23.5. The van der Waals surface area contributed by atoms with Gasteiger partial charge >= 0.3 is 0 Å². The molecule has 17 aromatic rings. The number of hydrogen-bond acceptors (Lipinski definition) is 4. The highest BCUT2D eigenvalue weighted by atomic mass is 16.5. The molecule has 0 aliphatic heterocycles. The molecule has 0 unspecified atom stereocenters. The molecule has 3 aliphatic carbocycles. The molecular formula is C127H78O4. The van der Waals surface area contributed by atoms with Crippen molar-refractivity contribution < 1.29 is 19.1 Å². The molecule has 20 rings (SSSR count). The van der Waals surface area contributed by atoms with Gasteiger partial charge in [0.15, 0.2) is 11.6 Å². The lowest BCUT2D eigenvalue weighted by Gasteiger charge is -2.16. The third kappa shape index (κ3) is 18.2. The van der Waals surface area contributed by atoms with E-state index in [4.69, 9.17) is 9.47 Å². The lowest BCUT2D eigenvalue weighted by atomic mass is 9.88. The average molecular weight is 1670 g/mol. The van der Waals surface area contributed by atoms with Crippen molar-refractivity contribution in [1.82, 2.24) is 0 Å². The maximum absolute atomic E-state index is 16.0. The maximum atomic E-state index is 16.0. The number of ketones is 2. The summed E-state index contributed by atoms with van der Waals surface area (Å²) in [5.41, 5.74) is 30.0. The van der Waals surface area contributed by atoms with Crippen LogP contribution in [0.25, 0.3) is 66.9 Å². The van der Waals surface area contributed by atoms with Crippen molar-refractivity contribution in [2.75, 3.05) is 0 Å². The first-order chi connectivity index (χ1) is 64.7. The van der Waals surface area contributed by atoms with E-state index >= 15 is 9.59 Å². The summed E-state index contributed by atoms with van der Waals surface area (Å²) in [6.45, 7) is 0. The smallest absolute Gasteiger partial charge is 0.195 e. The summed E-state index contributed by atoms with van der Waals surface area (Å²) in [4.78, 5) is 31.7. The quantitative estimate of drug-likeness (QED) is 0.0905. The van der Waals surface area contributed by atoms with E-state index in [1.807, 2.05) is 334 Å². The first-order valence-corrected chi connectivity index (χ1v) is 43.6. The number of carbonyl (C=O) groups is 2. The molecule has 0 bridgehead atoms. The van der Waals surface area contributed by atoms with Crippen molar-refractivity contribution in [1.29, 1.82) is 0 Å². The maximum Gasteiger partial charge on any atom is 0.195 e. The number of carbonyl (C=O) groups excluding carboxylic acids is 2. The molecule has 4 nitrogen and oxygen atoms in total. The molecule has 0 fully saturated rings. The monoisotopic (exact) mass is 1670 g/mol. The highest BCUT2D eigenvalue weighted by molar-refractivity contribution is 6.60. The molecule has 0 N–H and O–H groups in total. The van der Waals surface area contributed by atoms with Crippen molar-refractivity contribution >= 4 is 78.4 Å². The van der Waals surface area contributed by atoms with Gasteiger partial charge in [0.05, 0.1) is 0 Å². The fraction of sp³-hybridized carbons (Fsp3) is 0.00787. The molecule has 131 heavy (non-hydrogen) atoms. The SMILES string of the molecule is O=C1C(c2ccccc2)=C(c2ccc(C#Cc3ccccc3)cc2)C(c2ccc(Oc3ccc(C4=C(c5ccccc5)C(=O)C(c5ccc(C#Cc6ccccc6)cc5)=C4c4ccc(Oc5ccc(C6=C(c7ccccc7)CC(c7ccc(C#Cc8ccccc8)cc7)=C6c6ccc(C#Cc7ccccc7)cc6)cc5)cc4)cc3)cc2)=C1c1ccc(C#Cc2ccccc2)cc1. The summed E-state index contributed by atoms with van der Waals surface area (Å²) in [7, 11) is 0. The predicted octanol–water partition coefficient (Wildman–Crippen LogP) is 28.4. The lowest BCUT2D eigenvalue weighted by molar-refractivity contribution is -0.109. The Kier molecular flexibility index (Phi) is 23.4. The number of benzene rings is 17. The minimum atomic E-state index is -0.109. The van der Waals surface area contributed by atoms with Gasteiger partial charge in [-0.2, -0.15) is 0 Å². The Morgan fingerprint density at radius 2 is 0.282 bits per heavy atom. The van der Waals surface area contributed by atoms with E-state index in [0.717, 1.165) is 156 Å². The van der Waals surface area contributed by atoms with Crippen molar-refractivity contribution in [2.45, 2.75) is 6.42 Å². The van der Waals surface area contributed by atoms with Crippen LogP contribution in [-0.2, 0) is 9.59 Å². The van der Waals surface area contributed by atoms with E-state index in [0.29, 0.717) is 51.7 Å². The van der Waals surface area contributed by atoms with Crippen molar-refractivity contribution in [3.8, 4) is 82.2 Å². The largest absolute Gasteiger partial charge is 0.457 e. The van der Waals surface area contributed by atoms with Crippen LogP contribution in [0.3, 0.4) is 0 Å². The zero-order valence-corrected chi connectivity index (χ0v) is 71.2. The van der Waals surface area contributed by atoms with Crippen LogP contribution in [0.1, 0.15) is 129 Å². The summed E-state index contributed by atoms with van der Waals surface area (Å²) in [5, 5.41) is 0. The van der Waals surface area contributed by atoms with E-state index in [9.17, 15) is 0 Å². The molecule has 610 valence electrons. The molecule has 0 saturated heterocycles. The Balaban J connectivity index is 0.633. The molecule has 0 aromatic heterocycles. The van der Waals surface area contributed by atoms with Gasteiger partial charge in [-0.1, -0.05) is 350 Å². The van der Waals surface area contributed by atoms with Crippen molar-refractivity contribution in [2.24, 2.45) is 0 Å². The van der Waals surface area contributed by atoms with Gasteiger partial charge in [-0.25, -0.2) is 0 Å². The van der Waals surface area contributed by atoms with Crippen LogP contribution in [-0.4, -0.2) is 11.6 Å². The van der Waals surface area contributed by atoms with Crippen LogP contribution >= 0.6 is 0 Å². The summed E-state index contributed by atoms with van der Waals surface area (Å²) < 4.78 is 13.7. The van der Waals surface area contributed by atoms with Crippen LogP contribution < -0.4 is 9.47 Å². The summed E-state index contributed by atoms with van der Waals surface area (Å²) in [6, 6.07) is 154. The van der Waals surface area contributed by atoms with Crippen LogP contribution in [0, 0.1) is 59.2 Å². The lowest BCUT2D eigenvalue weighted by Crippen LogP contribution is -2.02. The standard InChI is InChI=1S/C127H78O4/c128-126-122(100-37-21-7-22-38-100)118(104-65-55-95(56-66-104)48-43-90-29-13-3-14-30-90)120(124(126)108-67-57-96(58-68-108)49-44-91-31-15-4-16-32-91)106-75-83-113(84-76-106)131-112-81-73-105(74-82-112)119-121(125(127(129)123(119)101-39-23-8-24-40-101)109-69-59-97(60-70-109)50-45-92-33-17-5-18-34-92)107-77-85-111(86-78-107)130-110-79-71-103(72-80-110)117-114(98-35-19-6-20-36-98)87-115(99-61-51-93(52-62-99)46-41-88-25-9-1-10-26-88)116(117)102-63-53-94(54-64-102)47-42-89-27-11-2-12-28-89/h1-40,51-86H,87H2. The summed E-state index contributed by atoms with van der Waals surface area (Å²) in [5.74, 6) is 35.6. The third-order valence-corrected chi connectivity index (χ3v) is 23.5. The van der Waals surface area contributed by atoms with Gasteiger partial charge < -0.3 is 9.47 Å². The molecule has 4 heteroatoms. The highest BCUT2D eigenvalue weighted by Gasteiger charge is 2.38. The van der Waals surface area contributed by atoms with Gasteiger partial charge in [0, 0.05) is 100 Å². The zero-order chi connectivity index (χ0) is 88.0. The van der Waals surface area contributed by atoms with Crippen molar-refractivity contribution in [3.05, 3.63) is 583 Å². The molecule has 0 spiro atoms. The Bertz CT molecular complexity index is 7750. The molecule has 0 amide bonds. The van der Waals surface area contributed by atoms with Gasteiger partial charge in [0.25, 0.3) is 0 Å². The average Bonchev–Trinajstić information content (AvgIpc) is 1.60. The highest BCUT2D eigenvalue weighted by Crippen LogP contribution is 2.55. The van der Waals surface area contributed by atoms with Crippen LogP contribution in [0.4, 0.5) is 0 Å². The Hall–Kier alpha value is -18.1. The normalized spacial score (nSPS) is 12.7. The van der Waals surface area contributed by atoms with E-state index in [1.165, 1.54) is 11.1 Å². The van der Waals surface area contributed by atoms with E-state index < -0.39 is 0 Å². The van der Waals surface area contributed by atoms with Gasteiger partial charge in [-0.05, 0) is 265 Å². The topological polar surface area (TPSA) is 52.6 Å². The fourth-order valence-electron chi connectivity index (χ4n) is 17.1. The Morgan fingerprint density at radius 1 is 0.137 bits per heavy atom. The number of rotatable bonds is 16. The predicted molar refractivity (Wildman–Crippen MR) is 535 cm³/mol. The molecule has 0 radical (unpaired) electrons. The zero-order valence-electron chi connectivity index (χ0n) is 71.2.